The van der Waals surface area contributed by atoms with Crippen molar-refractivity contribution < 1.29 is 19.1 Å². The number of carbonyl (C=O) groups excluding carboxylic acids is 2. The Morgan fingerprint density at radius 3 is 2.35 bits per heavy atom. The summed E-state index contributed by atoms with van der Waals surface area (Å²) in [5, 5.41) is 3.01. The zero-order chi connectivity index (χ0) is 24.3. The second-order valence-electron chi connectivity index (χ2n) is 9.07. The molecule has 2 aromatic rings. The molecule has 2 heterocycles. The molecule has 2 saturated heterocycles. The number of nitrogens with one attached hydrogen (secondary N) is 1. The van der Waals surface area contributed by atoms with Crippen molar-refractivity contribution in [2.45, 2.75) is 43.3 Å². The van der Waals surface area contributed by atoms with Gasteiger partial charge in [-0.2, -0.15) is 0 Å². The standard InChI is InChI=1S/C26H33N3O4S/c1-26(20-12-14-28(15-13-20)16-18-8-10-21(34-4)11-9-18)24(30)29(25(31)27-26)17-19-6-5-7-22(32-2)23(19)33-3/h5-11,20H,12-17H2,1-4H3,(H,27,31). The molecule has 4 rings (SSSR count). The first-order valence-electron chi connectivity index (χ1n) is 11.6. The van der Waals surface area contributed by atoms with E-state index >= 15 is 0 Å². The molecule has 8 heteroatoms. The molecule has 3 amide bonds. The first kappa shape index (κ1) is 24.4. The lowest BCUT2D eigenvalue weighted by atomic mass is 9.79. The fourth-order valence-corrected chi connectivity index (χ4v) is 5.45. The first-order valence-corrected chi connectivity index (χ1v) is 12.8. The zero-order valence-corrected chi connectivity index (χ0v) is 21.1. The minimum absolute atomic E-state index is 0.0938. The summed E-state index contributed by atoms with van der Waals surface area (Å²) in [5.41, 5.74) is 1.14. The lowest BCUT2D eigenvalue weighted by Crippen LogP contribution is -2.53. The quantitative estimate of drug-likeness (QED) is 0.449. The minimum Gasteiger partial charge on any atom is -0.493 e. The molecule has 0 aliphatic carbocycles. The Morgan fingerprint density at radius 1 is 1.03 bits per heavy atom. The Labute approximate surface area is 205 Å². The van der Waals surface area contributed by atoms with Gasteiger partial charge in [0.05, 0.1) is 20.8 Å². The predicted octanol–water partition coefficient (Wildman–Crippen LogP) is 4.15. The van der Waals surface area contributed by atoms with Gasteiger partial charge < -0.3 is 14.8 Å². The Kier molecular flexibility index (Phi) is 7.38. The maximum atomic E-state index is 13.5. The Morgan fingerprint density at radius 2 is 1.74 bits per heavy atom. The lowest BCUT2D eigenvalue weighted by molar-refractivity contribution is -0.133. The van der Waals surface area contributed by atoms with Gasteiger partial charge in [-0.3, -0.25) is 14.6 Å². The van der Waals surface area contributed by atoms with Crippen molar-refractivity contribution in [2.75, 3.05) is 33.6 Å². The van der Waals surface area contributed by atoms with Gasteiger partial charge in [-0.05, 0) is 68.8 Å². The maximum Gasteiger partial charge on any atom is 0.325 e. The van der Waals surface area contributed by atoms with E-state index < -0.39 is 5.54 Å². The fraction of sp³-hybridized carbons (Fsp3) is 0.462. The summed E-state index contributed by atoms with van der Waals surface area (Å²) in [6.45, 7) is 4.72. The monoisotopic (exact) mass is 483 g/mol. The number of hydrogen-bond acceptors (Lipinski definition) is 6. The summed E-state index contributed by atoms with van der Waals surface area (Å²) < 4.78 is 10.8. The van der Waals surface area contributed by atoms with Crippen LogP contribution in [-0.2, 0) is 17.9 Å². The van der Waals surface area contributed by atoms with Gasteiger partial charge in [-0.15, -0.1) is 11.8 Å². The average Bonchev–Trinajstić information content (AvgIpc) is 3.08. The molecule has 0 saturated carbocycles. The van der Waals surface area contributed by atoms with Crippen LogP contribution in [0, 0.1) is 5.92 Å². The van der Waals surface area contributed by atoms with Crippen LogP contribution in [0.3, 0.4) is 0 Å². The SMILES string of the molecule is COc1cccc(CN2C(=O)NC(C)(C3CCN(Cc4ccc(SC)cc4)CC3)C2=O)c1OC. The summed E-state index contributed by atoms with van der Waals surface area (Å²) in [5.74, 6) is 1.04. The molecular formula is C26H33N3O4S. The molecule has 0 aromatic heterocycles. The molecule has 7 nitrogen and oxygen atoms in total. The lowest BCUT2D eigenvalue weighted by Gasteiger charge is -2.39. The largest absolute Gasteiger partial charge is 0.493 e. The van der Waals surface area contributed by atoms with Crippen LogP contribution in [0.2, 0.25) is 0 Å². The number of rotatable bonds is 8. The Bertz CT molecular complexity index is 1040. The molecule has 0 spiro atoms. The number of para-hydroxylation sites is 1. The van der Waals surface area contributed by atoms with Gasteiger partial charge in [0.25, 0.3) is 5.91 Å². The molecule has 1 N–H and O–H groups in total. The van der Waals surface area contributed by atoms with Crippen LogP contribution in [0.15, 0.2) is 47.4 Å². The number of benzene rings is 2. The molecular weight excluding hydrogens is 450 g/mol. The summed E-state index contributed by atoms with van der Waals surface area (Å²) in [7, 11) is 3.13. The van der Waals surface area contributed by atoms with Crippen LogP contribution in [0.4, 0.5) is 4.79 Å². The fourth-order valence-electron chi connectivity index (χ4n) is 5.04. The molecule has 1 unspecified atom stereocenters. The predicted molar refractivity (Wildman–Crippen MR) is 133 cm³/mol. The van der Waals surface area contributed by atoms with E-state index in [4.69, 9.17) is 9.47 Å². The number of nitrogens with zero attached hydrogens (tertiary/aromatic N) is 2. The number of urea groups is 1. The molecule has 2 aromatic carbocycles. The smallest absolute Gasteiger partial charge is 0.325 e. The van der Waals surface area contributed by atoms with E-state index in [1.165, 1.54) is 15.4 Å². The number of likely N-dealkylation sites (tertiary alicyclic amines) is 1. The van der Waals surface area contributed by atoms with Gasteiger partial charge in [0.1, 0.15) is 5.54 Å². The van der Waals surface area contributed by atoms with Gasteiger partial charge in [0, 0.05) is 17.0 Å². The van der Waals surface area contributed by atoms with Crippen LogP contribution in [0.1, 0.15) is 30.9 Å². The van der Waals surface area contributed by atoms with Crippen molar-refractivity contribution in [3.05, 3.63) is 53.6 Å². The number of methoxy groups -OCH3 is 2. The minimum atomic E-state index is -0.894. The van der Waals surface area contributed by atoms with Crippen LogP contribution >= 0.6 is 11.8 Å². The topological polar surface area (TPSA) is 71.1 Å². The van der Waals surface area contributed by atoms with E-state index in [1.54, 1.807) is 32.0 Å². The maximum absolute atomic E-state index is 13.5. The highest BCUT2D eigenvalue weighted by Gasteiger charge is 2.52. The number of thioether (sulfide) groups is 1. The van der Waals surface area contributed by atoms with Crippen LogP contribution in [0.5, 0.6) is 11.5 Å². The molecule has 1 atom stereocenters. The third-order valence-electron chi connectivity index (χ3n) is 7.08. The highest BCUT2D eigenvalue weighted by molar-refractivity contribution is 7.98. The first-order chi connectivity index (χ1) is 16.4. The number of hydrogen-bond donors (Lipinski definition) is 1. The van der Waals surface area contributed by atoms with Crippen molar-refractivity contribution in [2.24, 2.45) is 5.92 Å². The van der Waals surface area contributed by atoms with Crippen molar-refractivity contribution in [3.8, 4) is 11.5 Å². The van der Waals surface area contributed by atoms with Crippen LogP contribution in [-0.4, -0.2) is 60.8 Å². The number of carbonyl (C=O) groups is 2. The van der Waals surface area contributed by atoms with Crippen molar-refractivity contribution in [1.29, 1.82) is 0 Å². The molecule has 34 heavy (non-hydrogen) atoms. The average molecular weight is 484 g/mol. The van der Waals surface area contributed by atoms with Crippen molar-refractivity contribution in [1.82, 2.24) is 15.1 Å². The summed E-state index contributed by atoms with van der Waals surface area (Å²) in [6, 6.07) is 13.8. The zero-order valence-electron chi connectivity index (χ0n) is 20.3. The van der Waals surface area contributed by atoms with E-state index in [2.05, 4.69) is 40.7 Å². The van der Waals surface area contributed by atoms with Gasteiger partial charge in [-0.1, -0.05) is 24.3 Å². The second-order valence-corrected chi connectivity index (χ2v) is 9.95. The number of imide groups is 1. The second kappa shape index (κ2) is 10.3. The molecule has 2 aliphatic rings. The third kappa shape index (κ3) is 4.74. The molecule has 182 valence electrons. The van der Waals surface area contributed by atoms with Gasteiger partial charge >= 0.3 is 6.03 Å². The number of piperidine rings is 1. The molecule has 0 radical (unpaired) electrons. The number of ether oxygens (including phenoxy) is 2. The van der Waals surface area contributed by atoms with Crippen molar-refractivity contribution >= 4 is 23.7 Å². The van der Waals surface area contributed by atoms with Gasteiger partial charge in [-0.25, -0.2) is 4.79 Å². The summed E-state index contributed by atoms with van der Waals surface area (Å²) >= 11 is 1.74. The summed E-state index contributed by atoms with van der Waals surface area (Å²) in [6.07, 6.45) is 3.81. The molecule has 2 fully saturated rings. The molecule has 0 bridgehead atoms. The number of amides is 3. The molecule has 2 aliphatic heterocycles. The highest BCUT2D eigenvalue weighted by atomic mass is 32.2. The van der Waals surface area contributed by atoms with Crippen LogP contribution < -0.4 is 14.8 Å². The van der Waals surface area contributed by atoms with Crippen molar-refractivity contribution in [3.63, 3.8) is 0 Å². The normalized spacial score (nSPS) is 21.6. The summed E-state index contributed by atoms with van der Waals surface area (Å²) in [4.78, 5) is 31.3. The van der Waals surface area contributed by atoms with E-state index in [9.17, 15) is 9.59 Å². The van der Waals surface area contributed by atoms with Gasteiger partial charge in [0.15, 0.2) is 11.5 Å². The van der Waals surface area contributed by atoms with E-state index in [-0.39, 0.29) is 24.4 Å². The van der Waals surface area contributed by atoms with Gasteiger partial charge in [0.2, 0.25) is 0 Å². The van der Waals surface area contributed by atoms with E-state index in [0.717, 1.165) is 38.0 Å². The highest BCUT2D eigenvalue weighted by Crippen LogP contribution is 2.36. The van der Waals surface area contributed by atoms with Crippen LogP contribution in [0.25, 0.3) is 0 Å². The van der Waals surface area contributed by atoms with E-state index in [0.29, 0.717) is 11.5 Å². The Hall–Kier alpha value is -2.71. The van der Waals surface area contributed by atoms with E-state index in [1.807, 2.05) is 19.1 Å². The third-order valence-corrected chi connectivity index (χ3v) is 7.83. The Balaban J connectivity index is 1.40.